The number of hydrogen-bond acceptors (Lipinski definition) is 1. The van der Waals surface area contributed by atoms with Crippen molar-refractivity contribution in [2.45, 2.75) is 50.9 Å². The van der Waals surface area contributed by atoms with Crippen molar-refractivity contribution in [2.75, 3.05) is 0 Å². The molecule has 108 valence electrons. The van der Waals surface area contributed by atoms with Gasteiger partial charge in [0.2, 0.25) is 0 Å². The van der Waals surface area contributed by atoms with E-state index in [2.05, 4.69) is 16.5 Å². The maximum atomic E-state index is 13.4. The second-order valence-corrected chi connectivity index (χ2v) is 6.48. The number of benzene rings is 1. The molecule has 2 nitrogen and oxygen atoms in total. The van der Waals surface area contributed by atoms with Gasteiger partial charge >= 0.3 is 0 Å². The van der Waals surface area contributed by atoms with Crippen molar-refractivity contribution in [3.63, 3.8) is 0 Å². The van der Waals surface area contributed by atoms with Gasteiger partial charge in [-0.25, -0.2) is 9.37 Å². The molecule has 1 aliphatic rings. The number of rotatable bonds is 5. The summed E-state index contributed by atoms with van der Waals surface area (Å²) >= 11 is 6.30. The Morgan fingerprint density at radius 3 is 2.80 bits per heavy atom. The topological polar surface area (TPSA) is 17.8 Å². The Kier molecular flexibility index (Phi) is 3.72. The smallest absolute Gasteiger partial charge is 0.127 e. The van der Waals surface area contributed by atoms with Gasteiger partial charge in [0.15, 0.2) is 0 Å². The predicted molar refractivity (Wildman–Crippen MR) is 80.6 cm³/mol. The Morgan fingerprint density at radius 1 is 1.45 bits per heavy atom. The number of fused-ring (bicyclic) bond motifs is 1. The van der Waals surface area contributed by atoms with E-state index in [1.165, 1.54) is 31.4 Å². The lowest BCUT2D eigenvalue weighted by Crippen LogP contribution is -2.13. The molecule has 1 aromatic heterocycles. The average Bonchev–Trinajstić information content (AvgIpc) is 3.15. The number of hydrogen-bond donors (Lipinski definition) is 0. The molecule has 20 heavy (non-hydrogen) atoms. The predicted octanol–water partition coefficient (Wildman–Crippen LogP) is 5.23. The van der Waals surface area contributed by atoms with Gasteiger partial charge in [-0.1, -0.05) is 19.8 Å². The molecule has 0 amide bonds. The number of imidazole rings is 1. The van der Waals surface area contributed by atoms with Crippen LogP contribution in [0.4, 0.5) is 4.39 Å². The van der Waals surface area contributed by atoms with Crippen LogP contribution >= 0.6 is 11.6 Å². The molecule has 0 saturated heterocycles. The molecular formula is C16H20ClFN2. The number of alkyl halides is 1. The Bertz CT molecular complexity index is 616. The van der Waals surface area contributed by atoms with Crippen molar-refractivity contribution in [3.05, 3.63) is 29.8 Å². The van der Waals surface area contributed by atoms with E-state index in [0.29, 0.717) is 11.6 Å². The highest BCUT2D eigenvalue weighted by atomic mass is 35.5. The van der Waals surface area contributed by atoms with E-state index in [1.54, 1.807) is 0 Å². The van der Waals surface area contributed by atoms with E-state index < -0.39 is 0 Å². The standard InChI is InChI=1S/C16H20ClFN2/c1-3-13(8-11-4-5-11)20-15-7-6-12(18)9-14(15)19-16(20)10(2)17/h6-7,9-11,13H,3-5,8H2,1-2H3. The fraction of sp³-hybridized carbons (Fsp3) is 0.562. The molecule has 1 saturated carbocycles. The molecule has 0 bridgehead atoms. The first-order valence-corrected chi connectivity index (χ1v) is 7.85. The second kappa shape index (κ2) is 5.36. The molecule has 1 heterocycles. The van der Waals surface area contributed by atoms with Crippen LogP contribution in [0.15, 0.2) is 18.2 Å². The highest BCUT2D eigenvalue weighted by molar-refractivity contribution is 6.20. The molecule has 0 aliphatic heterocycles. The fourth-order valence-corrected chi connectivity index (χ4v) is 3.10. The van der Waals surface area contributed by atoms with Crippen molar-refractivity contribution in [3.8, 4) is 0 Å². The summed E-state index contributed by atoms with van der Waals surface area (Å²) in [6.07, 6.45) is 4.90. The Balaban J connectivity index is 2.11. The van der Waals surface area contributed by atoms with Crippen LogP contribution in [0.1, 0.15) is 56.8 Å². The van der Waals surface area contributed by atoms with E-state index in [4.69, 9.17) is 11.6 Å². The molecule has 0 spiro atoms. The maximum Gasteiger partial charge on any atom is 0.127 e. The average molecular weight is 295 g/mol. The molecule has 3 rings (SSSR count). The van der Waals surface area contributed by atoms with Crippen LogP contribution in [-0.4, -0.2) is 9.55 Å². The molecule has 1 aromatic carbocycles. The summed E-state index contributed by atoms with van der Waals surface area (Å²) in [6.45, 7) is 4.13. The van der Waals surface area contributed by atoms with Gasteiger partial charge in [-0.15, -0.1) is 11.6 Å². The van der Waals surface area contributed by atoms with E-state index in [1.807, 2.05) is 13.0 Å². The zero-order chi connectivity index (χ0) is 14.3. The Labute approximate surface area is 123 Å². The Hall–Kier alpha value is -1.09. The summed E-state index contributed by atoms with van der Waals surface area (Å²) < 4.78 is 15.6. The minimum atomic E-state index is -0.244. The second-order valence-electron chi connectivity index (χ2n) is 5.83. The molecule has 1 aliphatic carbocycles. The van der Waals surface area contributed by atoms with E-state index in [-0.39, 0.29) is 11.2 Å². The summed E-state index contributed by atoms with van der Waals surface area (Å²) in [5.74, 6) is 1.46. The van der Waals surface area contributed by atoms with E-state index in [9.17, 15) is 4.39 Å². The molecule has 2 aromatic rings. The van der Waals surface area contributed by atoms with Crippen molar-refractivity contribution in [2.24, 2.45) is 5.92 Å². The lowest BCUT2D eigenvalue weighted by atomic mass is 10.1. The highest BCUT2D eigenvalue weighted by Gasteiger charge is 2.28. The molecule has 1 fully saturated rings. The number of halogens is 2. The largest absolute Gasteiger partial charge is 0.324 e. The Morgan fingerprint density at radius 2 is 2.20 bits per heavy atom. The molecular weight excluding hydrogens is 275 g/mol. The summed E-state index contributed by atoms with van der Waals surface area (Å²) in [5, 5.41) is -0.168. The molecule has 2 unspecified atom stereocenters. The van der Waals surface area contributed by atoms with Crippen LogP contribution in [0.5, 0.6) is 0 Å². The third kappa shape index (κ3) is 2.56. The van der Waals surface area contributed by atoms with Gasteiger partial charge < -0.3 is 4.57 Å². The van der Waals surface area contributed by atoms with E-state index in [0.717, 1.165) is 23.7 Å². The van der Waals surface area contributed by atoms with Crippen LogP contribution in [0.25, 0.3) is 11.0 Å². The van der Waals surface area contributed by atoms with Crippen LogP contribution in [0.2, 0.25) is 0 Å². The minimum absolute atomic E-state index is 0.168. The van der Waals surface area contributed by atoms with Crippen LogP contribution in [-0.2, 0) is 0 Å². The quantitative estimate of drug-likeness (QED) is 0.691. The SMILES string of the molecule is CCC(CC1CC1)n1c(C(C)Cl)nc2cc(F)ccc21. The number of nitrogens with zero attached hydrogens (tertiary/aromatic N) is 2. The fourth-order valence-electron chi connectivity index (χ4n) is 2.95. The molecule has 2 atom stereocenters. The van der Waals surface area contributed by atoms with E-state index >= 15 is 0 Å². The summed E-state index contributed by atoms with van der Waals surface area (Å²) in [5.41, 5.74) is 1.71. The molecule has 4 heteroatoms. The normalized spacial score (nSPS) is 18.4. The summed E-state index contributed by atoms with van der Waals surface area (Å²) in [7, 11) is 0. The highest BCUT2D eigenvalue weighted by Crippen LogP contribution is 2.40. The minimum Gasteiger partial charge on any atom is -0.324 e. The zero-order valence-corrected chi connectivity index (χ0v) is 12.7. The molecule has 0 radical (unpaired) electrons. The van der Waals surface area contributed by atoms with Crippen LogP contribution < -0.4 is 0 Å². The van der Waals surface area contributed by atoms with Gasteiger partial charge in [0.1, 0.15) is 11.6 Å². The third-order valence-electron chi connectivity index (χ3n) is 4.17. The monoisotopic (exact) mass is 294 g/mol. The zero-order valence-electron chi connectivity index (χ0n) is 11.9. The van der Waals surface area contributed by atoms with Gasteiger partial charge in [-0.05, 0) is 37.8 Å². The van der Waals surface area contributed by atoms with Crippen molar-refractivity contribution in [1.82, 2.24) is 9.55 Å². The summed E-state index contributed by atoms with van der Waals surface area (Å²) in [4.78, 5) is 4.56. The van der Waals surface area contributed by atoms with Gasteiger partial charge in [-0.2, -0.15) is 0 Å². The lowest BCUT2D eigenvalue weighted by molar-refractivity contribution is 0.425. The first-order valence-electron chi connectivity index (χ1n) is 7.41. The van der Waals surface area contributed by atoms with Gasteiger partial charge in [-0.3, -0.25) is 0 Å². The van der Waals surface area contributed by atoms with Crippen LogP contribution in [0, 0.1) is 11.7 Å². The van der Waals surface area contributed by atoms with Gasteiger partial charge in [0, 0.05) is 12.1 Å². The third-order valence-corrected chi connectivity index (χ3v) is 4.37. The molecule has 0 N–H and O–H groups in total. The summed E-state index contributed by atoms with van der Waals surface area (Å²) in [6, 6.07) is 5.25. The first kappa shape index (κ1) is 13.9. The van der Waals surface area contributed by atoms with Crippen molar-refractivity contribution < 1.29 is 4.39 Å². The van der Waals surface area contributed by atoms with Crippen molar-refractivity contribution in [1.29, 1.82) is 0 Å². The first-order chi connectivity index (χ1) is 9.60. The van der Waals surface area contributed by atoms with Crippen LogP contribution in [0.3, 0.4) is 0 Å². The van der Waals surface area contributed by atoms with Gasteiger partial charge in [0.25, 0.3) is 0 Å². The van der Waals surface area contributed by atoms with Crippen molar-refractivity contribution >= 4 is 22.6 Å². The number of aromatic nitrogens is 2. The lowest BCUT2D eigenvalue weighted by Gasteiger charge is -2.21. The van der Waals surface area contributed by atoms with Gasteiger partial charge in [0.05, 0.1) is 16.4 Å². The maximum absolute atomic E-state index is 13.4.